The lowest BCUT2D eigenvalue weighted by atomic mass is 10.1. The fraction of sp³-hybridized carbons (Fsp3) is 0.400. The minimum atomic E-state index is -3.43. The van der Waals surface area contributed by atoms with E-state index >= 15 is 0 Å². The van der Waals surface area contributed by atoms with Crippen molar-refractivity contribution in [3.8, 4) is 5.75 Å². The van der Waals surface area contributed by atoms with Gasteiger partial charge >= 0.3 is 0 Å². The van der Waals surface area contributed by atoms with E-state index in [0.717, 1.165) is 19.6 Å². The first kappa shape index (κ1) is 18.9. The van der Waals surface area contributed by atoms with Crippen LogP contribution in [-0.4, -0.2) is 46.0 Å². The molecule has 1 saturated heterocycles. The number of nitrogens with one attached hydrogen (secondary N) is 1. The van der Waals surface area contributed by atoms with Crippen LogP contribution in [0.3, 0.4) is 0 Å². The van der Waals surface area contributed by atoms with E-state index in [4.69, 9.17) is 4.74 Å². The number of hydrogen-bond acceptors (Lipinski definition) is 3. The molecule has 140 valence electrons. The highest BCUT2D eigenvalue weighted by atomic mass is 32.2. The highest BCUT2D eigenvalue weighted by Crippen LogP contribution is 2.19. The van der Waals surface area contributed by atoms with Crippen LogP contribution in [0.5, 0.6) is 5.75 Å². The number of sulfonamides is 1. The van der Waals surface area contributed by atoms with Gasteiger partial charge in [-0.3, -0.25) is 0 Å². The average Bonchev–Trinajstić information content (AvgIpc) is 2.65. The summed E-state index contributed by atoms with van der Waals surface area (Å²) >= 11 is 0. The fourth-order valence-electron chi connectivity index (χ4n) is 3.38. The second-order valence-corrected chi connectivity index (χ2v) is 8.87. The van der Waals surface area contributed by atoms with E-state index in [1.165, 1.54) is 21.6 Å². The van der Waals surface area contributed by atoms with Gasteiger partial charge in [-0.1, -0.05) is 23.8 Å². The summed E-state index contributed by atoms with van der Waals surface area (Å²) < 4.78 is 32.4. The molecule has 1 aliphatic heterocycles. The van der Waals surface area contributed by atoms with Crippen LogP contribution in [-0.2, 0) is 16.6 Å². The van der Waals surface area contributed by atoms with Gasteiger partial charge in [0, 0.05) is 5.56 Å². The molecular weight excluding hydrogens is 348 g/mol. The van der Waals surface area contributed by atoms with E-state index in [9.17, 15) is 8.42 Å². The number of rotatable bonds is 5. The molecule has 26 heavy (non-hydrogen) atoms. The quantitative estimate of drug-likeness (QED) is 0.860. The fourth-order valence-corrected chi connectivity index (χ4v) is 4.82. The van der Waals surface area contributed by atoms with Gasteiger partial charge in [0.25, 0.3) is 0 Å². The molecule has 0 atom stereocenters. The van der Waals surface area contributed by atoms with Crippen LogP contribution in [0, 0.1) is 13.8 Å². The van der Waals surface area contributed by atoms with Crippen molar-refractivity contribution in [3.63, 3.8) is 0 Å². The Kier molecular flexibility index (Phi) is 5.65. The van der Waals surface area contributed by atoms with Gasteiger partial charge in [0.2, 0.25) is 10.0 Å². The SMILES string of the molecule is COc1ccc(S(=O)(=O)N2CC[NH+](Cc3cc(C)ccc3C)CC2)cc1. The molecular formula is C20H27N2O3S+. The van der Waals surface area contributed by atoms with Crippen LogP contribution >= 0.6 is 0 Å². The largest absolute Gasteiger partial charge is 0.497 e. The summed E-state index contributed by atoms with van der Waals surface area (Å²) in [5.41, 5.74) is 3.92. The summed E-state index contributed by atoms with van der Waals surface area (Å²) in [4.78, 5) is 1.76. The summed E-state index contributed by atoms with van der Waals surface area (Å²) in [5, 5.41) is 0. The molecule has 0 amide bonds. The van der Waals surface area contributed by atoms with E-state index in [1.54, 1.807) is 35.7 Å². The highest BCUT2D eigenvalue weighted by Gasteiger charge is 2.30. The number of quaternary nitrogens is 1. The Morgan fingerprint density at radius 3 is 2.31 bits per heavy atom. The molecule has 1 fully saturated rings. The molecule has 2 aromatic rings. The van der Waals surface area contributed by atoms with Gasteiger partial charge in [-0.2, -0.15) is 4.31 Å². The van der Waals surface area contributed by atoms with E-state index < -0.39 is 10.0 Å². The van der Waals surface area contributed by atoms with Crippen LogP contribution in [0.1, 0.15) is 16.7 Å². The molecule has 1 aliphatic rings. The predicted octanol–water partition coefficient (Wildman–Crippen LogP) is 1.40. The molecule has 5 nitrogen and oxygen atoms in total. The zero-order valence-electron chi connectivity index (χ0n) is 15.7. The van der Waals surface area contributed by atoms with E-state index in [1.807, 2.05) is 0 Å². The van der Waals surface area contributed by atoms with Gasteiger partial charge in [-0.25, -0.2) is 8.42 Å². The number of benzene rings is 2. The maximum atomic E-state index is 12.8. The van der Waals surface area contributed by atoms with Crippen LogP contribution < -0.4 is 9.64 Å². The van der Waals surface area contributed by atoms with E-state index in [2.05, 4.69) is 32.0 Å². The summed E-state index contributed by atoms with van der Waals surface area (Å²) in [6.45, 7) is 7.94. The maximum absolute atomic E-state index is 12.8. The van der Waals surface area contributed by atoms with Crippen molar-refractivity contribution in [1.82, 2.24) is 4.31 Å². The third kappa shape index (κ3) is 4.09. The van der Waals surface area contributed by atoms with E-state index in [-0.39, 0.29) is 0 Å². The highest BCUT2D eigenvalue weighted by molar-refractivity contribution is 7.89. The second kappa shape index (κ2) is 7.78. The summed E-state index contributed by atoms with van der Waals surface area (Å²) in [6, 6.07) is 13.1. The molecule has 0 unspecified atom stereocenters. The minimum Gasteiger partial charge on any atom is -0.497 e. The Morgan fingerprint density at radius 2 is 1.69 bits per heavy atom. The lowest BCUT2D eigenvalue weighted by Gasteiger charge is -2.31. The smallest absolute Gasteiger partial charge is 0.243 e. The summed E-state index contributed by atoms with van der Waals surface area (Å²) in [6.07, 6.45) is 0. The van der Waals surface area contributed by atoms with Crippen LogP contribution in [0.25, 0.3) is 0 Å². The number of hydrogen-bond donors (Lipinski definition) is 1. The van der Waals surface area contributed by atoms with Crippen LogP contribution in [0.2, 0.25) is 0 Å². The number of ether oxygens (including phenoxy) is 1. The normalized spacial score (nSPS) is 16.6. The number of nitrogens with zero attached hydrogens (tertiary/aromatic N) is 1. The minimum absolute atomic E-state index is 0.330. The van der Waals surface area contributed by atoms with Crippen LogP contribution in [0.15, 0.2) is 47.4 Å². The monoisotopic (exact) mass is 375 g/mol. The third-order valence-electron chi connectivity index (χ3n) is 5.07. The zero-order valence-corrected chi connectivity index (χ0v) is 16.5. The Hall–Kier alpha value is -1.89. The molecule has 0 saturated carbocycles. The Balaban J connectivity index is 1.64. The van der Waals surface area contributed by atoms with E-state index in [0.29, 0.717) is 23.7 Å². The molecule has 6 heteroatoms. The molecule has 0 aromatic heterocycles. The molecule has 0 spiro atoms. The van der Waals surface area contributed by atoms with Crippen molar-refractivity contribution in [2.45, 2.75) is 25.3 Å². The molecule has 1 heterocycles. The molecule has 1 N–H and O–H groups in total. The molecule has 0 bridgehead atoms. The van der Waals surface area contributed by atoms with Crippen molar-refractivity contribution >= 4 is 10.0 Å². The topological polar surface area (TPSA) is 51.1 Å². The molecule has 0 radical (unpaired) electrons. The predicted molar refractivity (Wildman–Crippen MR) is 102 cm³/mol. The van der Waals surface area contributed by atoms with Gasteiger partial charge in [0.05, 0.1) is 38.2 Å². The molecule has 3 rings (SSSR count). The van der Waals surface area contributed by atoms with Gasteiger partial charge in [-0.15, -0.1) is 0 Å². The Bertz CT molecular complexity index is 855. The third-order valence-corrected chi connectivity index (χ3v) is 6.98. The Morgan fingerprint density at radius 1 is 1.04 bits per heavy atom. The number of aryl methyl sites for hydroxylation is 2. The molecule has 2 aromatic carbocycles. The van der Waals surface area contributed by atoms with Gasteiger partial charge < -0.3 is 9.64 Å². The van der Waals surface area contributed by atoms with Gasteiger partial charge in [-0.05, 0) is 43.7 Å². The lowest BCUT2D eigenvalue weighted by Crippen LogP contribution is -3.13. The van der Waals surface area contributed by atoms with Crippen LogP contribution in [0.4, 0.5) is 0 Å². The zero-order chi connectivity index (χ0) is 18.7. The van der Waals surface area contributed by atoms with Gasteiger partial charge in [0.15, 0.2) is 0 Å². The Labute approximate surface area is 156 Å². The standard InChI is InChI=1S/C20H26N2O3S/c1-16-4-5-17(2)18(14-16)15-21-10-12-22(13-11-21)26(23,24)20-8-6-19(25-3)7-9-20/h4-9,14H,10-13,15H2,1-3H3/p+1. The van der Waals surface area contributed by atoms with Crippen molar-refractivity contribution in [3.05, 3.63) is 59.2 Å². The van der Waals surface area contributed by atoms with Crippen molar-refractivity contribution in [1.29, 1.82) is 0 Å². The van der Waals surface area contributed by atoms with Gasteiger partial charge in [0.1, 0.15) is 12.3 Å². The van der Waals surface area contributed by atoms with Crippen molar-refractivity contribution in [2.75, 3.05) is 33.3 Å². The summed E-state index contributed by atoms with van der Waals surface area (Å²) in [5.74, 6) is 0.659. The lowest BCUT2D eigenvalue weighted by molar-refractivity contribution is -0.917. The first-order valence-corrected chi connectivity index (χ1v) is 10.4. The first-order valence-electron chi connectivity index (χ1n) is 8.94. The number of methoxy groups -OCH3 is 1. The number of piperazine rings is 1. The molecule has 0 aliphatic carbocycles. The van der Waals surface area contributed by atoms with Crippen molar-refractivity contribution < 1.29 is 18.1 Å². The first-order chi connectivity index (χ1) is 12.4. The van der Waals surface area contributed by atoms with Crippen molar-refractivity contribution in [2.24, 2.45) is 0 Å². The second-order valence-electron chi connectivity index (χ2n) is 6.94. The average molecular weight is 376 g/mol. The summed E-state index contributed by atoms with van der Waals surface area (Å²) in [7, 11) is -1.86. The maximum Gasteiger partial charge on any atom is 0.243 e.